The summed E-state index contributed by atoms with van der Waals surface area (Å²) in [6, 6.07) is 15.0. The Morgan fingerprint density at radius 2 is 1.70 bits per heavy atom. The fraction of sp³-hybridized carbons (Fsp3) is 0.462. The van der Waals surface area contributed by atoms with Crippen molar-refractivity contribution in [2.75, 3.05) is 31.6 Å². The third-order valence-electron chi connectivity index (χ3n) is 7.30. The summed E-state index contributed by atoms with van der Waals surface area (Å²) in [6.45, 7) is 4.71. The molecule has 2 aromatic carbocycles. The highest BCUT2D eigenvalue weighted by Gasteiger charge is 2.37. The van der Waals surface area contributed by atoms with Crippen LogP contribution in [-0.2, 0) is 17.8 Å². The number of carbonyl (C=O) groups excluding carboxylic acids is 2. The van der Waals surface area contributed by atoms with E-state index in [0.717, 1.165) is 26.1 Å². The van der Waals surface area contributed by atoms with Gasteiger partial charge in [0.1, 0.15) is 0 Å². The van der Waals surface area contributed by atoms with E-state index in [9.17, 15) is 9.59 Å². The number of urea groups is 1. The number of nitrogens with zero attached hydrogens (tertiary/aromatic N) is 1. The van der Waals surface area contributed by atoms with Crippen LogP contribution in [0.25, 0.3) is 0 Å². The molecule has 7 heteroatoms. The summed E-state index contributed by atoms with van der Waals surface area (Å²) in [5, 5.41) is 9.35. The molecule has 0 saturated carbocycles. The Kier molecular flexibility index (Phi) is 6.33. The van der Waals surface area contributed by atoms with Gasteiger partial charge in [-0.2, -0.15) is 0 Å². The van der Waals surface area contributed by atoms with Crippen molar-refractivity contribution < 1.29 is 14.3 Å². The second-order valence-corrected chi connectivity index (χ2v) is 9.56. The molecular weight excluding hydrogens is 416 g/mol. The first-order valence-electron chi connectivity index (χ1n) is 11.9. The van der Waals surface area contributed by atoms with Gasteiger partial charge >= 0.3 is 6.03 Å². The van der Waals surface area contributed by atoms with Crippen LogP contribution in [0, 0.1) is 5.41 Å². The molecule has 0 aliphatic carbocycles. The lowest BCUT2D eigenvalue weighted by Crippen LogP contribution is -2.46. The predicted octanol–water partition coefficient (Wildman–Crippen LogP) is 3.51. The first kappa shape index (κ1) is 21.9. The van der Waals surface area contributed by atoms with Crippen molar-refractivity contribution in [2.45, 2.75) is 44.9 Å². The number of fused-ring (bicyclic) bond motifs is 1. The van der Waals surface area contributed by atoms with E-state index in [-0.39, 0.29) is 18.0 Å². The van der Waals surface area contributed by atoms with Gasteiger partial charge in [-0.15, -0.1) is 0 Å². The van der Waals surface area contributed by atoms with Crippen LogP contribution in [-0.4, -0.2) is 49.2 Å². The minimum Gasteiger partial charge on any atom is -0.376 e. The zero-order valence-corrected chi connectivity index (χ0v) is 18.9. The molecule has 2 fully saturated rings. The Morgan fingerprint density at radius 3 is 2.33 bits per heavy atom. The topological polar surface area (TPSA) is 82.7 Å². The first-order valence-corrected chi connectivity index (χ1v) is 11.9. The summed E-state index contributed by atoms with van der Waals surface area (Å²) in [6.07, 6.45) is 4.61. The van der Waals surface area contributed by atoms with Gasteiger partial charge in [-0.25, -0.2) is 4.79 Å². The van der Waals surface area contributed by atoms with Crippen molar-refractivity contribution in [2.24, 2.45) is 5.41 Å². The first-order chi connectivity index (χ1) is 16.1. The summed E-state index contributed by atoms with van der Waals surface area (Å²) < 4.78 is 6.10. The number of anilines is 1. The van der Waals surface area contributed by atoms with E-state index in [1.54, 1.807) is 29.2 Å². The Bertz CT molecular complexity index is 966. The number of rotatable bonds is 4. The van der Waals surface area contributed by atoms with Crippen molar-refractivity contribution in [3.8, 4) is 0 Å². The van der Waals surface area contributed by atoms with Crippen LogP contribution in [0.2, 0.25) is 0 Å². The zero-order chi connectivity index (χ0) is 22.7. The lowest BCUT2D eigenvalue weighted by Gasteiger charge is -2.43. The van der Waals surface area contributed by atoms with Gasteiger partial charge < -0.3 is 25.6 Å². The van der Waals surface area contributed by atoms with Gasteiger partial charge in [-0.05, 0) is 79.6 Å². The molecule has 3 heterocycles. The molecule has 2 saturated heterocycles. The predicted molar refractivity (Wildman–Crippen MR) is 127 cm³/mol. The molecule has 7 nitrogen and oxygen atoms in total. The maximum Gasteiger partial charge on any atom is 0.322 e. The molecule has 0 radical (unpaired) electrons. The molecule has 1 spiro atoms. The van der Waals surface area contributed by atoms with E-state index in [0.29, 0.717) is 36.3 Å². The number of amides is 3. The number of piperidine rings is 1. The number of nitrogens with one attached hydrogen (secondary N) is 3. The van der Waals surface area contributed by atoms with Gasteiger partial charge in [0.15, 0.2) is 0 Å². The number of ether oxygens (including phenoxy) is 1. The van der Waals surface area contributed by atoms with E-state index in [1.165, 1.54) is 30.4 Å². The van der Waals surface area contributed by atoms with Gasteiger partial charge in [0.2, 0.25) is 0 Å². The molecule has 1 unspecified atom stereocenters. The molecule has 5 rings (SSSR count). The quantitative estimate of drug-likeness (QED) is 0.669. The molecule has 3 aliphatic heterocycles. The molecule has 3 N–H and O–H groups in total. The lowest BCUT2D eigenvalue weighted by atomic mass is 9.74. The smallest absolute Gasteiger partial charge is 0.322 e. The lowest BCUT2D eigenvalue weighted by molar-refractivity contribution is -0.0721. The molecule has 1 atom stereocenters. The van der Waals surface area contributed by atoms with Gasteiger partial charge in [0, 0.05) is 30.9 Å². The van der Waals surface area contributed by atoms with Crippen molar-refractivity contribution in [3.63, 3.8) is 0 Å². The van der Waals surface area contributed by atoms with E-state index in [2.05, 4.69) is 28.1 Å². The second kappa shape index (κ2) is 9.53. The third-order valence-corrected chi connectivity index (χ3v) is 7.30. The molecule has 0 aromatic heterocycles. The average molecular weight is 449 g/mol. The summed E-state index contributed by atoms with van der Waals surface area (Å²) in [4.78, 5) is 27.0. The molecular formula is C26H32N4O3. The van der Waals surface area contributed by atoms with Gasteiger partial charge in [0.25, 0.3) is 5.91 Å². The van der Waals surface area contributed by atoms with E-state index < -0.39 is 0 Å². The summed E-state index contributed by atoms with van der Waals surface area (Å²) in [7, 11) is 0. The Labute approximate surface area is 194 Å². The average Bonchev–Trinajstić information content (AvgIpc) is 3.29. The van der Waals surface area contributed by atoms with E-state index in [1.807, 2.05) is 12.1 Å². The number of hydrogen-bond donors (Lipinski definition) is 3. The van der Waals surface area contributed by atoms with Gasteiger partial charge in [0.05, 0.1) is 12.7 Å². The Morgan fingerprint density at radius 1 is 1.00 bits per heavy atom. The summed E-state index contributed by atoms with van der Waals surface area (Å²) in [5.41, 5.74) is 3.96. The van der Waals surface area contributed by atoms with Crippen LogP contribution in [0.5, 0.6) is 0 Å². The second-order valence-electron chi connectivity index (χ2n) is 9.56. The molecule has 2 aromatic rings. The van der Waals surface area contributed by atoms with E-state index in [4.69, 9.17) is 4.74 Å². The van der Waals surface area contributed by atoms with Crippen LogP contribution in [0.15, 0.2) is 48.5 Å². The minimum absolute atomic E-state index is 0.0811. The largest absolute Gasteiger partial charge is 0.376 e. The van der Waals surface area contributed by atoms with Gasteiger partial charge in [-0.3, -0.25) is 4.79 Å². The maximum absolute atomic E-state index is 12.6. The minimum atomic E-state index is -0.135. The molecule has 3 amide bonds. The number of benzene rings is 2. The van der Waals surface area contributed by atoms with Crippen LogP contribution in [0.4, 0.5) is 10.5 Å². The van der Waals surface area contributed by atoms with Crippen LogP contribution in [0.3, 0.4) is 0 Å². The highest BCUT2D eigenvalue weighted by atomic mass is 16.5. The van der Waals surface area contributed by atoms with Crippen LogP contribution >= 0.6 is 0 Å². The molecule has 174 valence electrons. The zero-order valence-electron chi connectivity index (χ0n) is 18.9. The number of hydrogen-bond acceptors (Lipinski definition) is 4. The van der Waals surface area contributed by atoms with Crippen LogP contribution < -0.4 is 16.0 Å². The highest BCUT2D eigenvalue weighted by Crippen LogP contribution is 2.38. The van der Waals surface area contributed by atoms with Crippen molar-refractivity contribution in [1.82, 2.24) is 15.5 Å². The normalized spacial score (nSPS) is 21.5. The molecule has 33 heavy (non-hydrogen) atoms. The number of carbonyl (C=O) groups is 2. The van der Waals surface area contributed by atoms with Crippen molar-refractivity contribution in [3.05, 3.63) is 65.2 Å². The standard InChI is InChI=1S/C26H32N4O3/c31-24(28-15-23-9-10-26(18-33-23)11-13-27-14-12-26)19-5-7-22(8-6-19)29-25(32)30-16-20-3-1-2-4-21(20)17-30/h1-8,23,27H,9-18H2,(H,28,31)(H,29,32). The van der Waals surface area contributed by atoms with E-state index >= 15 is 0 Å². The maximum atomic E-state index is 12.6. The molecule has 3 aliphatic rings. The third kappa shape index (κ3) is 5.04. The van der Waals surface area contributed by atoms with Crippen molar-refractivity contribution in [1.29, 1.82) is 0 Å². The Hall–Kier alpha value is -2.90. The highest BCUT2D eigenvalue weighted by molar-refractivity contribution is 5.95. The summed E-state index contributed by atoms with van der Waals surface area (Å²) in [5.74, 6) is -0.117. The van der Waals surface area contributed by atoms with Gasteiger partial charge in [-0.1, -0.05) is 24.3 Å². The van der Waals surface area contributed by atoms with Crippen LogP contribution in [0.1, 0.15) is 47.2 Å². The SMILES string of the molecule is O=C(NCC1CCC2(CCNCC2)CO1)c1ccc(NC(=O)N2Cc3ccccc3C2)cc1. The fourth-order valence-electron chi connectivity index (χ4n) is 5.12. The Balaban J connectivity index is 1.07. The monoisotopic (exact) mass is 448 g/mol. The summed E-state index contributed by atoms with van der Waals surface area (Å²) >= 11 is 0. The van der Waals surface area contributed by atoms with Crippen molar-refractivity contribution >= 4 is 17.6 Å². The fourth-order valence-corrected chi connectivity index (χ4v) is 5.12. The molecule has 0 bridgehead atoms.